The van der Waals surface area contributed by atoms with Crippen LogP contribution in [0.3, 0.4) is 0 Å². The van der Waals surface area contributed by atoms with Gasteiger partial charge in [0.25, 0.3) is 0 Å². The molecule has 0 aliphatic heterocycles. The second kappa shape index (κ2) is 9.41. The maximum atomic E-state index is 12.9. The number of carboxylic acid groups (broad SMARTS) is 1. The zero-order valence-corrected chi connectivity index (χ0v) is 18.6. The molecule has 7 heteroatoms. The van der Waals surface area contributed by atoms with Gasteiger partial charge in [-0.05, 0) is 67.5 Å². The molecule has 0 atom stereocenters. The summed E-state index contributed by atoms with van der Waals surface area (Å²) in [4.78, 5) is 10.9. The molecule has 1 aliphatic rings. The second-order valence-electron chi connectivity index (χ2n) is 7.79. The van der Waals surface area contributed by atoms with Gasteiger partial charge in [0.15, 0.2) is 0 Å². The van der Waals surface area contributed by atoms with Crippen LogP contribution in [0.25, 0.3) is 0 Å². The van der Waals surface area contributed by atoms with E-state index in [1.165, 1.54) is 0 Å². The second-order valence-corrected chi connectivity index (χ2v) is 10.4. The van der Waals surface area contributed by atoms with Crippen molar-refractivity contribution in [2.24, 2.45) is 0 Å². The summed E-state index contributed by atoms with van der Waals surface area (Å²) in [5.74, 6) is -0.775. The molecule has 0 spiro atoms. The largest absolute Gasteiger partial charge is 0.481 e. The molecule has 5 nitrogen and oxygen atoms in total. The highest BCUT2D eigenvalue weighted by molar-refractivity contribution is 9.10. The fourth-order valence-electron chi connectivity index (χ4n) is 3.98. The standard InChI is InChI=1S/C22H26BrNO4S/c23-19-10-12-20(13-11-19)29(27,28)24-22(14-1-2-15-22)16-18-8-6-17(7-9-18)4-3-5-21(25)26/h6-13,24H,1-5,14-16H2,(H,25,26). The van der Waals surface area contributed by atoms with Crippen LogP contribution in [-0.2, 0) is 27.7 Å². The minimum absolute atomic E-state index is 0.169. The number of hydrogen-bond donors (Lipinski definition) is 2. The Morgan fingerprint density at radius 2 is 1.59 bits per heavy atom. The van der Waals surface area contributed by atoms with Gasteiger partial charge in [-0.1, -0.05) is 53.0 Å². The van der Waals surface area contributed by atoms with Crippen LogP contribution >= 0.6 is 15.9 Å². The molecule has 1 saturated carbocycles. The lowest BCUT2D eigenvalue weighted by atomic mass is 9.90. The molecule has 1 fully saturated rings. The lowest BCUT2D eigenvalue weighted by Gasteiger charge is -2.30. The van der Waals surface area contributed by atoms with Gasteiger partial charge in [-0.2, -0.15) is 0 Å². The van der Waals surface area contributed by atoms with Gasteiger partial charge in [0.05, 0.1) is 4.90 Å². The van der Waals surface area contributed by atoms with Crippen LogP contribution in [-0.4, -0.2) is 25.0 Å². The first-order chi connectivity index (χ1) is 13.8. The zero-order chi connectivity index (χ0) is 20.9. The van der Waals surface area contributed by atoms with Gasteiger partial charge >= 0.3 is 5.97 Å². The highest BCUT2D eigenvalue weighted by Gasteiger charge is 2.38. The van der Waals surface area contributed by atoms with Crippen LogP contribution in [0.5, 0.6) is 0 Å². The number of nitrogens with one attached hydrogen (secondary N) is 1. The van der Waals surface area contributed by atoms with E-state index in [1.807, 2.05) is 24.3 Å². The van der Waals surface area contributed by atoms with Gasteiger partial charge < -0.3 is 5.11 Å². The number of benzene rings is 2. The summed E-state index contributed by atoms with van der Waals surface area (Å²) in [5.41, 5.74) is 1.73. The summed E-state index contributed by atoms with van der Waals surface area (Å²) >= 11 is 3.34. The quantitative estimate of drug-likeness (QED) is 0.546. The van der Waals surface area contributed by atoms with Crippen LogP contribution in [0, 0.1) is 0 Å². The van der Waals surface area contributed by atoms with Crippen molar-refractivity contribution in [1.82, 2.24) is 4.72 Å². The van der Waals surface area contributed by atoms with Crippen LogP contribution in [0.4, 0.5) is 0 Å². The molecule has 3 rings (SSSR count). The highest BCUT2D eigenvalue weighted by atomic mass is 79.9. The molecular weight excluding hydrogens is 454 g/mol. The van der Waals surface area contributed by atoms with Crippen LogP contribution in [0.2, 0.25) is 0 Å². The number of aliphatic carboxylic acids is 1. The van der Waals surface area contributed by atoms with E-state index in [1.54, 1.807) is 24.3 Å². The van der Waals surface area contributed by atoms with Gasteiger partial charge in [0.2, 0.25) is 10.0 Å². The van der Waals surface area contributed by atoms with Crippen LogP contribution in [0.15, 0.2) is 57.9 Å². The maximum absolute atomic E-state index is 12.9. The number of carboxylic acids is 1. The number of halogens is 1. The molecular formula is C22H26BrNO4S. The Kier molecular flexibility index (Phi) is 7.14. The monoisotopic (exact) mass is 479 g/mol. The topological polar surface area (TPSA) is 83.5 Å². The predicted octanol–water partition coefficient (Wildman–Crippen LogP) is 4.69. The van der Waals surface area contributed by atoms with Gasteiger partial charge in [0.1, 0.15) is 0 Å². The number of aryl methyl sites for hydroxylation is 1. The summed E-state index contributed by atoms with van der Waals surface area (Å²) in [7, 11) is -3.59. The number of rotatable bonds is 9. The predicted molar refractivity (Wildman–Crippen MR) is 116 cm³/mol. The molecule has 2 aromatic rings. The highest BCUT2D eigenvalue weighted by Crippen LogP contribution is 2.34. The van der Waals surface area contributed by atoms with E-state index < -0.39 is 21.5 Å². The van der Waals surface area contributed by atoms with Gasteiger partial charge in [0, 0.05) is 16.4 Å². The number of sulfonamides is 1. The normalized spacial score (nSPS) is 16.0. The number of carbonyl (C=O) groups is 1. The molecule has 29 heavy (non-hydrogen) atoms. The molecule has 0 heterocycles. The Balaban J connectivity index is 1.70. The Morgan fingerprint density at radius 1 is 1.00 bits per heavy atom. The molecule has 156 valence electrons. The molecule has 1 aliphatic carbocycles. The Labute approximate surface area is 180 Å². The Bertz CT molecular complexity index is 934. The van der Waals surface area contributed by atoms with E-state index in [9.17, 15) is 13.2 Å². The minimum Gasteiger partial charge on any atom is -0.481 e. The third-order valence-electron chi connectivity index (χ3n) is 5.46. The summed E-state index contributed by atoms with van der Waals surface area (Å²) < 4.78 is 29.7. The fraction of sp³-hybridized carbons (Fsp3) is 0.409. The maximum Gasteiger partial charge on any atom is 0.303 e. The average Bonchev–Trinajstić information content (AvgIpc) is 3.10. The third kappa shape index (κ3) is 6.14. The van der Waals surface area contributed by atoms with Crippen LogP contribution in [0.1, 0.15) is 49.7 Å². The molecule has 0 unspecified atom stereocenters. The van der Waals surface area contributed by atoms with Crippen molar-refractivity contribution in [3.05, 3.63) is 64.1 Å². The molecule has 0 radical (unpaired) electrons. The summed E-state index contributed by atoms with van der Waals surface area (Å²) in [6.45, 7) is 0. The van der Waals surface area contributed by atoms with E-state index in [-0.39, 0.29) is 11.3 Å². The van der Waals surface area contributed by atoms with E-state index in [4.69, 9.17) is 5.11 Å². The Hall–Kier alpha value is -1.70. The zero-order valence-electron chi connectivity index (χ0n) is 16.2. The lowest BCUT2D eigenvalue weighted by molar-refractivity contribution is -0.137. The Morgan fingerprint density at radius 3 is 2.17 bits per heavy atom. The van der Waals surface area contributed by atoms with Crippen LogP contribution < -0.4 is 4.72 Å². The smallest absolute Gasteiger partial charge is 0.303 e. The van der Waals surface area contributed by atoms with Crippen molar-refractivity contribution < 1.29 is 18.3 Å². The van der Waals surface area contributed by atoms with Crippen molar-refractivity contribution in [3.8, 4) is 0 Å². The first kappa shape index (κ1) is 22.0. The van der Waals surface area contributed by atoms with E-state index in [2.05, 4.69) is 20.7 Å². The van der Waals surface area contributed by atoms with Crippen molar-refractivity contribution in [2.45, 2.75) is 61.8 Å². The van der Waals surface area contributed by atoms with Crippen molar-refractivity contribution in [2.75, 3.05) is 0 Å². The average molecular weight is 480 g/mol. The SMILES string of the molecule is O=C(O)CCCc1ccc(CC2(NS(=O)(=O)c3ccc(Br)cc3)CCCC2)cc1. The molecule has 0 saturated heterocycles. The van der Waals surface area contributed by atoms with Crippen molar-refractivity contribution in [1.29, 1.82) is 0 Å². The summed E-state index contributed by atoms with van der Waals surface area (Å²) in [6, 6.07) is 14.8. The van der Waals surface area contributed by atoms with E-state index in [0.29, 0.717) is 12.8 Å². The van der Waals surface area contributed by atoms with E-state index >= 15 is 0 Å². The first-order valence-electron chi connectivity index (χ1n) is 9.87. The number of hydrogen-bond acceptors (Lipinski definition) is 3. The molecule has 0 aromatic heterocycles. The molecule has 0 bridgehead atoms. The minimum atomic E-state index is -3.59. The molecule has 0 amide bonds. The third-order valence-corrected chi connectivity index (χ3v) is 7.58. The lowest BCUT2D eigenvalue weighted by Crippen LogP contribution is -2.47. The van der Waals surface area contributed by atoms with Gasteiger partial charge in [-0.15, -0.1) is 0 Å². The van der Waals surface area contributed by atoms with Crippen molar-refractivity contribution in [3.63, 3.8) is 0 Å². The van der Waals surface area contributed by atoms with Gasteiger partial charge in [-0.25, -0.2) is 13.1 Å². The first-order valence-corrected chi connectivity index (χ1v) is 12.1. The van der Waals surface area contributed by atoms with Gasteiger partial charge in [-0.3, -0.25) is 4.79 Å². The van der Waals surface area contributed by atoms with Crippen molar-refractivity contribution >= 4 is 31.9 Å². The summed E-state index contributed by atoms with van der Waals surface area (Å²) in [5, 5.41) is 8.75. The molecule has 2 aromatic carbocycles. The fourth-order valence-corrected chi connectivity index (χ4v) is 5.71. The molecule has 2 N–H and O–H groups in total. The summed E-state index contributed by atoms with van der Waals surface area (Å²) in [6.07, 6.45) is 5.83. The van der Waals surface area contributed by atoms with E-state index in [0.717, 1.165) is 47.7 Å².